The van der Waals surface area contributed by atoms with Crippen LogP contribution in [0, 0.1) is 29.1 Å². The van der Waals surface area contributed by atoms with E-state index in [1.807, 2.05) is 0 Å². The number of rotatable bonds is 7. The molecule has 0 aromatic rings. The number of hydrogen-bond acceptors (Lipinski definition) is 3. The minimum atomic E-state index is -2.17. The van der Waals surface area contributed by atoms with Crippen molar-refractivity contribution in [2.75, 3.05) is 19.6 Å². The van der Waals surface area contributed by atoms with Gasteiger partial charge in [0, 0.05) is 25.9 Å². The van der Waals surface area contributed by atoms with Crippen LogP contribution in [0.5, 0.6) is 0 Å². The van der Waals surface area contributed by atoms with E-state index in [1.54, 1.807) is 0 Å². The molecule has 2 N–H and O–H groups in total. The molecule has 0 aromatic heterocycles. The quantitative estimate of drug-likeness (QED) is 0.464. The number of likely N-dealkylation sites (tertiary alicyclic amines) is 1. The van der Waals surface area contributed by atoms with Crippen molar-refractivity contribution in [3.05, 3.63) is 35.5 Å². The molecule has 3 saturated carbocycles. The third kappa shape index (κ3) is 5.68. The summed E-state index contributed by atoms with van der Waals surface area (Å²) in [5.74, 6) is 2.36. The highest BCUT2D eigenvalue weighted by Crippen LogP contribution is 2.59. The molecule has 0 radical (unpaired) electrons. The largest absolute Gasteiger partial charge is 0.393 e. The Morgan fingerprint density at radius 1 is 1.21 bits per heavy atom. The molecule has 1 saturated heterocycles. The first-order valence-electron chi connectivity index (χ1n) is 13.6. The van der Waals surface area contributed by atoms with Crippen molar-refractivity contribution in [2.45, 2.75) is 96.7 Å². The Labute approximate surface area is 205 Å². The molecule has 4 aliphatic rings. The fraction of sp³-hybridized carbons (Fsp3) is 0.793. The van der Waals surface area contributed by atoms with Crippen LogP contribution in [0.3, 0.4) is 0 Å². The molecule has 0 amide bonds. The van der Waals surface area contributed by atoms with Gasteiger partial charge in [0.05, 0.1) is 12.2 Å². The maximum atomic E-state index is 12.6. The van der Waals surface area contributed by atoms with E-state index in [4.69, 9.17) is 0 Å². The number of halogens is 2. The van der Waals surface area contributed by atoms with Gasteiger partial charge in [-0.15, -0.1) is 0 Å². The second kappa shape index (κ2) is 10.9. The highest BCUT2D eigenvalue weighted by molar-refractivity contribution is 5.38. The highest BCUT2D eigenvalue weighted by Gasteiger charge is 2.50. The van der Waals surface area contributed by atoms with Crippen LogP contribution < -0.4 is 0 Å². The van der Waals surface area contributed by atoms with Crippen LogP contribution in [-0.4, -0.2) is 53.4 Å². The van der Waals surface area contributed by atoms with E-state index >= 15 is 0 Å². The average molecular weight is 478 g/mol. The summed E-state index contributed by atoms with van der Waals surface area (Å²) >= 11 is 0. The van der Waals surface area contributed by atoms with Crippen molar-refractivity contribution < 1.29 is 19.0 Å². The van der Waals surface area contributed by atoms with E-state index in [0.29, 0.717) is 48.3 Å². The summed E-state index contributed by atoms with van der Waals surface area (Å²) in [6.07, 6.45) is 10.0. The van der Waals surface area contributed by atoms with Crippen molar-refractivity contribution in [2.24, 2.45) is 29.1 Å². The number of nitrogens with zero attached hydrogens (tertiary/aromatic N) is 1. The Bertz CT molecular complexity index is 793. The van der Waals surface area contributed by atoms with Gasteiger partial charge in [0.15, 0.2) is 0 Å². The molecule has 1 unspecified atom stereocenters. The lowest BCUT2D eigenvalue weighted by Gasteiger charge is -2.45. The molecule has 7 atom stereocenters. The molecule has 3 aliphatic carbocycles. The first-order chi connectivity index (χ1) is 16.2. The molecule has 3 nitrogen and oxygen atoms in total. The average Bonchev–Trinajstić information content (AvgIpc) is 3.37. The molecule has 0 aromatic carbocycles. The van der Waals surface area contributed by atoms with Crippen LogP contribution in [0.25, 0.3) is 0 Å². The van der Waals surface area contributed by atoms with Crippen LogP contribution in [0.4, 0.5) is 8.78 Å². The summed E-state index contributed by atoms with van der Waals surface area (Å²) in [5, 5.41) is 20.3. The van der Waals surface area contributed by atoms with E-state index in [9.17, 15) is 19.0 Å². The molecule has 4 fully saturated rings. The summed E-state index contributed by atoms with van der Waals surface area (Å²) in [6.45, 7) is 12.1. The number of allylic oxidation sites excluding steroid dienone is 3. The van der Waals surface area contributed by atoms with E-state index in [1.165, 1.54) is 31.3 Å². The van der Waals surface area contributed by atoms with Crippen molar-refractivity contribution in [3.8, 4) is 0 Å². The molecule has 34 heavy (non-hydrogen) atoms. The molecular formula is C29H45F2NO2. The highest BCUT2D eigenvalue weighted by atomic mass is 19.3. The summed E-state index contributed by atoms with van der Waals surface area (Å²) in [5.41, 5.74) is 3.60. The second-order valence-corrected chi connectivity index (χ2v) is 12.0. The second-order valence-electron chi connectivity index (χ2n) is 12.0. The zero-order chi connectivity index (χ0) is 24.5. The van der Waals surface area contributed by atoms with E-state index < -0.39 is 18.6 Å². The Hall–Kier alpha value is -1.04. The first-order valence-corrected chi connectivity index (χ1v) is 13.6. The maximum absolute atomic E-state index is 12.6. The lowest BCUT2D eigenvalue weighted by Crippen LogP contribution is -2.39. The normalized spacial score (nSPS) is 40.4. The Morgan fingerprint density at radius 2 is 2.00 bits per heavy atom. The van der Waals surface area contributed by atoms with E-state index in [-0.39, 0.29) is 6.42 Å². The fourth-order valence-corrected chi connectivity index (χ4v) is 7.89. The number of aliphatic hydroxyl groups is 2. The Morgan fingerprint density at radius 3 is 2.76 bits per heavy atom. The van der Waals surface area contributed by atoms with Gasteiger partial charge in [-0.1, -0.05) is 38.2 Å². The van der Waals surface area contributed by atoms with Crippen LogP contribution in [-0.2, 0) is 0 Å². The lowest BCUT2D eigenvalue weighted by molar-refractivity contribution is 0.0810. The van der Waals surface area contributed by atoms with Gasteiger partial charge in [-0.25, -0.2) is 8.78 Å². The van der Waals surface area contributed by atoms with Crippen molar-refractivity contribution in [3.63, 3.8) is 0 Å². The topological polar surface area (TPSA) is 43.7 Å². The number of hydrogen-bond donors (Lipinski definition) is 2. The summed E-state index contributed by atoms with van der Waals surface area (Å²) in [6, 6.07) is 0. The van der Waals surface area contributed by atoms with Crippen LogP contribution in [0.2, 0.25) is 0 Å². The Balaban J connectivity index is 1.39. The smallest absolute Gasteiger partial charge is 0.238 e. The van der Waals surface area contributed by atoms with Crippen molar-refractivity contribution in [1.82, 2.24) is 4.90 Å². The monoisotopic (exact) mass is 477 g/mol. The lowest BCUT2D eigenvalue weighted by atomic mass is 9.61. The van der Waals surface area contributed by atoms with Crippen molar-refractivity contribution >= 4 is 0 Å². The van der Waals surface area contributed by atoms with Crippen LogP contribution in [0.1, 0.15) is 78.1 Å². The third-order valence-electron chi connectivity index (χ3n) is 9.70. The zero-order valence-electron chi connectivity index (χ0n) is 21.2. The van der Waals surface area contributed by atoms with E-state index in [2.05, 4.69) is 37.5 Å². The number of fused-ring (bicyclic) bond motifs is 1. The van der Waals surface area contributed by atoms with Gasteiger partial charge in [0.2, 0.25) is 6.43 Å². The van der Waals surface area contributed by atoms with Gasteiger partial charge < -0.3 is 15.1 Å². The maximum Gasteiger partial charge on any atom is 0.238 e. The Kier molecular flexibility index (Phi) is 8.36. The standard InChI is InChI=1S/C29H45F2NO2/c1-19(17-32-14-12-21(18-32)6-11-28(30)31)25-9-10-26-22(5-4-13-29(25,26)3)7-8-23-15-24(33)16-27(34)20(23)2/h7-8,19,21,24-28,33-34H,2,4-6,9-18H2,1,3H3/b22-7+,23-8-/t19?,21-,24+,25+,26-,27-,29+/m0/s1. The molecule has 192 valence electrons. The van der Waals surface area contributed by atoms with E-state index in [0.717, 1.165) is 43.6 Å². The molecule has 5 heteroatoms. The van der Waals surface area contributed by atoms with Gasteiger partial charge >= 0.3 is 0 Å². The minimum absolute atomic E-state index is 0.0486. The SMILES string of the molecule is C=C1/C(=C\C=C2/CCC[C@]3(C)[C@@H](C(C)CN4CC[C@H](CCC(F)F)C4)CC[C@@H]23)C[C@@H](O)C[C@@H]1O. The van der Waals surface area contributed by atoms with Crippen molar-refractivity contribution in [1.29, 1.82) is 0 Å². The number of alkyl halides is 2. The summed E-state index contributed by atoms with van der Waals surface area (Å²) in [7, 11) is 0. The molecule has 0 spiro atoms. The zero-order valence-corrected chi connectivity index (χ0v) is 21.2. The molecular weight excluding hydrogens is 432 g/mol. The first kappa shape index (κ1) is 26.0. The molecule has 0 bridgehead atoms. The van der Waals surface area contributed by atoms with Gasteiger partial charge in [0.1, 0.15) is 0 Å². The van der Waals surface area contributed by atoms with Gasteiger partial charge in [0.25, 0.3) is 0 Å². The molecule has 4 rings (SSSR count). The van der Waals surface area contributed by atoms with Gasteiger partial charge in [-0.3, -0.25) is 0 Å². The fourth-order valence-electron chi connectivity index (χ4n) is 7.89. The number of aliphatic hydroxyl groups excluding tert-OH is 2. The molecule has 1 aliphatic heterocycles. The minimum Gasteiger partial charge on any atom is -0.393 e. The van der Waals surface area contributed by atoms with Crippen LogP contribution >= 0.6 is 0 Å². The van der Waals surface area contributed by atoms with Crippen LogP contribution in [0.15, 0.2) is 35.5 Å². The summed E-state index contributed by atoms with van der Waals surface area (Å²) < 4.78 is 25.2. The predicted octanol–water partition coefficient (Wildman–Crippen LogP) is 6.13. The predicted molar refractivity (Wildman–Crippen MR) is 134 cm³/mol. The molecule has 1 heterocycles. The van der Waals surface area contributed by atoms with Gasteiger partial charge in [-0.2, -0.15) is 0 Å². The summed E-state index contributed by atoms with van der Waals surface area (Å²) in [4.78, 5) is 2.53. The third-order valence-corrected chi connectivity index (χ3v) is 9.70. The van der Waals surface area contributed by atoms with Gasteiger partial charge in [-0.05, 0) is 98.1 Å².